The molecule has 3 rings (SSSR count). The van der Waals surface area contributed by atoms with Crippen LogP contribution in [-0.2, 0) is 16.6 Å². The summed E-state index contributed by atoms with van der Waals surface area (Å²) >= 11 is 2.75. The van der Waals surface area contributed by atoms with Crippen LogP contribution < -0.4 is 9.46 Å². The van der Waals surface area contributed by atoms with Crippen LogP contribution in [0.5, 0.6) is 5.75 Å². The van der Waals surface area contributed by atoms with Crippen LogP contribution in [0.2, 0.25) is 0 Å². The summed E-state index contributed by atoms with van der Waals surface area (Å²) in [5.41, 5.74) is 2.48. The molecule has 3 aromatic rings. The molecule has 8 heteroatoms. The molecule has 5 nitrogen and oxygen atoms in total. The van der Waals surface area contributed by atoms with Crippen molar-refractivity contribution in [2.75, 3.05) is 7.11 Å². The van der Waals surface area contributed by atoms with E-state index >= 15 is 0 Å². The maximum atomic E-state index is 12.7. The minimum atomic E-state index is -3.75. The van der Waals surface area contributed by atoms with Gasteiger partial charge in [-0.15, -0.1) is 11.3 Å². The Labute approximate surface area is 166 Å². The van der Waals surface area contributed by atoms with Crippen LogP contribution in [0.15, 0.2) is 46.0 Å². The molecule has 2 aromatic heterocycles. The second-order valence-electron chi connectivity index (χ2n) is 6.02. The SMILES string of the molecule is COc1cc(C)c(C)cc1S(=O)(=O)NCc1ccc(C(=O)c2ccsc2)s1. The van der Waals surface area contributed by atoms with Crippen molar-refractivity contribution >= 4 is 38.5 Å². The summed E-state index contributed by atoms with van der Waals surface area (Å²) < 4.78 is 33.3. The summed E-state index contributed by atoms with van der Waals surface area (Å²) in [6.45, 7) is 3.87. The number of benzene rings is 1. The topological polar surface area (TPSA) is 72.5 Å². The third kappa shape index (κ3) is 4.30. The highest BCUT2D eigenvalue weighted by Gasteiger charge is 2.21. The van der Waals surface area contributed by atoms with E-state index in [1.165, 1.54) is 29.8 Å². The molecule has 0 amide bonds. The number of ketones is 1. The number of carbonyl (C=O) groups is 1. The lowest BCUT2D eigenvalue weighted by molar-refractivity contribution is 0.104. The molecule has 0 saturated carbocycles. The van der Waals surface area contributed by atoms with Crippen LogP contribution in [0.25, 0.3) is 0 Å². The van der Waals surface area contributed by atoms with Gasteiger partial charge in [0.25, 0.3) is 0 Å². The smallest absolute Gasteiger partial charge is 0.244 e. The zero-order valence-corrected chi connectivity index (χ0v) is 17.6. The molecule has 0 aliphatic rings. The summed E-state index contributed by atoms with van der Waals surface area (Å²) in [6, 6.07) is 8.60. The van der Waals surface area contributed by atoms with E-state index < -0.39 is 10.0 Å². The van der Waals surface area contributed by atoms with Crippen molar-refractivity contribution < 1.29 is 17.9 Å². The molecular weight excluding hydrogens is 402 g/mol. The Morgan fingerprint density at radius 3 is 2.56 bits per heavy atom. The molecule has 2 heterocycles. The van der Waals surface area contributed by atoms with Gasteiger partial charge in [-0.25, -0.2) is 13.1 Å². The molecular formula is C19H19NO4S3. The quantitative estimate of drug-likeness (QED) is 0.582. The molecule has 0 atom stereocenters. The Bertz CT molecular complexity index is 1070. The van der Waals surface area contributed by atoms with E-state index in [1.54, 1.807) is 35.7 Å². The number of hydrogen-bond acceptors (Lipinski definition) is 6. The summed E-state index contributed by atoms with van der Waals surface area (Å²) in [5.74, 6) is 0.260. The first kappa shape index (κ1) is 19.8. The number of ether oxygens (including phenoxy) is 1. The molecule has 27 heavy (non-hydrogen) atoms. The maximum Gasteiger partial charge on any atom is 0.244 e. The zero-order chi connectivity index (χ0) is 19.6. The average molecular weight is 422 g/mol. The van der Waals surface area contributed by atoms with Crippen LogP contribution in [0.1, 0.15) is 31.2 Å². The number of hydrogen-bond donors (Lipinski definition) is 1. The molecule has 1 aromatic carbocycles. The van der Waals surface area contributed by atoms with Gasteiger partial charge in [-0.1, -0.05) is 0 Å². The highest BCUT2D eigenvalue weighted by Crippen LogP contribution is 2.28. The van der Waals surface area contributed by atoms with Crippen molar-refractivity contribution in [2.45, 2.75) is 25.3 Å². The molecule has 0 unspecified atom stereocenters. The Kier molecular flexibility index (Phi) is 5.81. The second-order valence-corrected chi connectivity index (χ2v) is 9.70. The first-order chi connectivity index (χ1) is 12.8. The lowest BCUT2D eigenvalue weighted by Gasteiger charge is -2.13. The van der Waals surface area contributed by atoms with Gasteiger partial charge >= 0.3 is 0 Å². The van der Waals surface area contributed by atoms with Crippen LogP contribution in [-0.4, -0.2) is 21.3 Å². The average Bonchev–Trinajstić information content (AvgIpc) is 3.33. The summed E-state index contributed by atoms with van der Waals surface area (Å²) in [4.78, 5) is 13.8. The van der Waals surface area contributed by atoms with Gasteiger partial charge in [-0.05, 0) is 60.7 Å². The van der Waals surface area contributed by atoms with Gasteiger partial charge in [-0.3, -0.25) is 4.79 Å². The van der Waals surface area contributed by atoms with E-state index in [2.05, 4.69) is 4.72 Å². The minimum Gasteiger partial charge on any atom is -0.495 e. The van der Waals surface area contributed by atoms with Crippen LogP contribution in [0.4, 0.5) is 0 Å². The number of thiophene rings is 2. The van der Waals surface area contributed by atoms with Crippen LogP contribution in [0.3, 0.4) is 0 Å². The first-order valence-electron chi connectivity index (χ1n) is 8.12. The zero-order valence-electron chi connectivity index (χ0n) is 15.1. The maximum absolute atomic E-state index is 12.7. The largest absolute Gasteiger partial charge is 0.495 e. The van der Waals surface area contributed by atoms with Gasteiger partial charge in [0.1, 0.15) is 10.6 Å². The van der Waals surface area contributed by atoms with Crippen molar-refractivity contribution in [3.63, 3.8) is 0 Å². The van der Waals surface area contributed by atoms with E-state index in [0.29, 0.717) is 16.2 Å². The number of methoxy groups -OCH3 is 1. The monoisotopic (exact) mass is 421 g/mol. The fourth-order valence-electron chi connectivity index (χ4n) is 2.51. The van der Waals surface area contributed by atoms with E-state index in [4.69, 9.17) is 4.74 Å². The molecule has 0 radical (unpaired) electrons. The fraction of sp³-hybridized carbons (Fsp3) is 0.211. The first-order valence-corrected chi connectivity index (χ1v) is 11.4. The van der Waals surface area contributed by atoms with Crippen molar-refractivity contribution in [2.24, 2.45) is 0 Å². The second kappa shape index (κ2) is 7.93. The predicted molar refractivity (Wildman–Crippen MR) is 109 cm³/mol. The highest BCUT2D eigenvalue weighted by molar-refractivity contribution is 7.89. The van der Waals surface area contributed by atoms with Gasteiger partial charge in [-0.2, -0.15) is 11.3 Å². The van der Waals surface area contributed by atoms with Gasteiger partial charge in [0.2, 0.25) is 15.8 Å². The lowest BCUT2D eigenvalue weighted by atomic mass is 10.1. The number of aryl methyl sites for hydroxylation is 2. The number of nitrogens with one attached hydrogen (secondary N) is 1. The lowest BCUT2D eigenvalue weighted by Crippen LogP contribution is -2.23. The van der Waals surface area contributed by atoms with Crippen molar-refractivity contribution in [1.82, 2.24) is 4.72 Å². The number of sulfonamides is 1. The third-order valence-electron chi connectivity index (χ3n) is 4.17. The molecule has 1 N–H and O–H groups in total. The van der Waals surface area contributed by atoms with Crippen LogP contribution >= 0.6 is 22.7 Å². The van der Waals surface area contributed by atoms with Crippen molar-refractivity contribution in [3.8, 4) is 5.75 Å². The Morgan fingerprint density at radius 1 is 1.15 bits per heavy atom. The van der Waals surface area contributed by atoms with E-state index in [9.17, 15) is 13.2 Å². The Morgan fingerprint density at radius 2 is 1.89 bits per heavy atom. The molecule has 0 spiro atoms. The highest BCUT2D eigenvalue weighted by atomic mass is 32.2. The number of rotatable bonds is 7. The summed E-state index contributed by atoms with van der Waals surface area (Å²) in [6.07, 6.45) is 0. The normalized spacial score (nSPS) is 11.5. The summed E-state index contributed by atoms with van der Waals surface area (Å²) in [5, 5.41) is 3.66. The van der Waals surface area contributed by atoms with E-state index in [-0.39, 0.29) is 17.2 Å². The van der Waals surface area contributed by atoms with Gasteiger partial charge in [0.15, 0.2) is 0 Å². The van der Waals surface area contributed by atoms with Crippen molar-refractivity contribution in [1.29, 1.82) is 0 Å². The van der Waals surface area contributed by atoms with Gasteiger partial charge in [0, 0.05) is 22.4 Å². The molecule has 0 bridgehead atoms. The molecule has 0 aliphatic heterocycles. The minimum absolute atomic E-state index is 0.0498. The Hall–Kier alpha value is -2.00. The standard InChI is InChI=1S/C19H19NO4S3/c1-12-8-16(24-3)18(9-13(12)2)27(22,23)20-10-15-4-5-17(26-15)19(21)14-6-7-25-11-14/h4-9,11,20H,10H2,1-3H3. The van der Waals surface area contributed by atoms with Gasteiger partial charge in [0.05, 0.1) is 12.0 Å². The molecule has 0 aliphatic carbocycles. The van der Waals surface area contributed by atoms with E-state index in [1.807, 2.05) is 19.2 Å². The van der Waals surface area contributed by atoms with Crippen LogP contribution in [0, 0.1) is 13.8 Å². The van der Waals surface area contributed by atoms with Crippen molar-refractivity contribution in [3.05, 3.63) is 67.5 Å². The van der Waals surface area contributed by atoms with E-state index in [0.717, 1.165) is 16.0 Å². The number of carbonyl (C=O) groups excluding carboxylic acids is 1. The van der Waals surface area contributed by atoms with Gasteiger partial charge < -0.3 is 4.74 Å². The molecule has 142 valence electrons. The third-order valence-corrected chi connectivity index (χ3v) is 7.36. The fourth-order valence-corrected chi connectivity index (χ4v) is 5.38. The summed E-state index contributed by atoms with van der Waals surface area (Å²) in [7, 11) is -2.30. The Balaban J connectivity index is 1.77. The molecule has 0 saturated heterocycles. The molecule has 0 fully saturated rings. The predicted octanol–water partition coefficient (Wildman–Crippen LogP) is 4.14.